The number of hydrogen-bond acceptors (Lipinski definition) is 1. The van der Waals surface area contributed by atoms with Gasteiger partial charge in [0.25, 0.3) is 0 Å². The van der Waals surface area contributed by atoms with E-state index in [4.69, 9.17) is 0 Å². The van der Waals surface area contributed by atoms with Gasteiger partial charge in [-0.2, -0.15) is 0 Å². The molecule has 0 aliphatic rings. The zero-order valence-corrected chi connectivity index (χ0v) is 9.49. The number of rotatable bonds is 0. The molecule has 0 saturated heterocycles. The summed E-state index contributed by atoms with van der Waals surface area (Å²) in [4.78, 5) is 4.51. The lowest BCUT2D eigenvalue weighted by atomic mass is 9.99. The van der Waals surface area contributed by atoms with E-state index in [0.29, 0.717) is 0 Å². The molecule has 0 radical (unpaired) electrons. The van der Waals surface area contributed by atoms with Gasteiger partial charge in [0.05, 0.1) is 5.52 Å². The molecule has 1 heteroatoms. The zero-order valence-electron chi connectivity index (χ0n) is 9.49. The van der Waals surface area contributed by atoms with Gasteiger partial charge in [-0.3, -0.25) is 4.98 Å². The maximum atomic E-state index is 4.51. The van der Waals surface area contributed by atoms with E-state index in [1.165, 1.54) is 27.3 Å². The Labute approximate surface area is 94.7 Å². The third-order valence-corrected chi connectivity index (χ3v) is 3.29. The van der Waals surface area contributed by atoms with Gasteiger partial charge in [0.15, 0.2) is 0 Å². The Kier molecular flexibility index (Phi) is 1.93. The Morgan fingerprint density at radius 3 is 2.62 bits per heavy atom. The predicted octanol–water partition coefficient (Wildman–Crippen LogP) is 4.00. The van der Waals surface area contributed by atoms with Crippen molar-refractivity contribution in [2.75, 3.05) is 0 Å². The maximum absolute atomic E-state index is 4.51. The summed E-state index contributed by atoms with van der Waals surface area (Å²) in [6, 6.07) is 12.7. The van der Waals surface area contributed by atoms with Crippen LogP contribution in [0.1, 0.15) is 11.1 Å². The van der Waals surface area contributed by atoms with Crippen LogP contribution in [0.25, 0.3) is 21.7 Å². The van der Waals surface area contributed by atoms with Gasteiger partial charge < -0.3 is 0 Å². The smallest absolute Gasteiger partial charge is 0.0711 e. The molecule has 0 atom stereocenters. The minimum absolute atomic E-state index is 1.08. The molecule has 1 aromatic heterocycles. The summed E-state index contributed by atoms with van der Waals surface area (Å²) in [5.41, 5.74) is 3.74. The number of aryl methyl sites for hydroxylation is 2. The molecule has 0 spiro atoms. The van der Waals surface area contributed by atoms with Gasteiger partial charge in [0, 0.05) is 17.0 Å². The SMILES string of the molecule is Cc1ccc2ncc3ccccc3c2c1C. The second-order valence-corrected chi connectivity index (χ2v) is 4.25. The van der Waals surface area contributed by atoms with Crippen molar-refractivity contribution in [1.82, 2.24) is 4.98 Å². The number of aromatic nitrogens is 1. The Bertz CT molecular complexity index is 683. The van der Waals surface area contributed by atoms with Crippen molar-refractivity contribution in [3.05, 3.63) is 53.7 Å². The second-order valence-electron chi connectivity index (χ2n) is 4.25. The Morgan fingerprint density at radius 1 is 0.938 bits per heavy atom. The van der Waals surface area contributed by atoms with Crippen LogP contribution in [-0.2, 0) is 0 Å². The van der Waals surface area contributed by atoms with Crippen LogP contribution in [-0.4, -0.2) is 4.98 Å². The molecule has 78 valence electrons. The van der Waals surface area contributed by atoms with Crippen molar-refractivity contribution in [2.24, 2.45) is 0 Å². The molecule has 0 fully saturated rings. The van der Waals surface area contributed by atoms with E-state index in [2.05, 4.69) is 55.2 Å². The number of fused-ring (bicyclic) bond motifs is 3. The Morgan fingerprint density at radius 2 is 1.75 bits per heavy atom. The van der Waals surface area contributed by atoms with Crippen LogP contribution >= 0.6 is 0 Å². The second kappa shape index (κ2) is 3.31. The topological polar surface area (TPSA) is 12.9 Å². The first kappa shape index (κ1) is 9.34. The third-order valence-electron chi connectivity index (χ3n) is 3.29. The third kappa shape index (κ3) is 1.21. The standard InChI is InChI=1S/C15H13N/c1-10-7-8-14-15(11(10)2)13-6-4-3-5-12(13)9-16-14/h3-9H,1-2H3. The Hall–Kier alpha value is -1.89. The molecule has 0 saturated carbocycles. The molecular weight excluding hydrogens is 194 g/mol. The van der Waals surface area contributed by atoms with Crippen molar-refractivity contribution in [1.29, 1.82) is 0 Å². The van der Waals surface area contributed by atoms with E-state index in [1.54, 1.807) is 0 Å². The van der Waals surface area contributed by atoms with Crippen molar-refractivity contribution in [2.45, 2.75) is 13.8 Å². The summed E-state index contributed by atoms with van der Waals surface area (Å²) >= 11 is 0. The molecule has 2 aromatic carbocycles. The molecule has 0 aliphatic heterocycles. The number of hydrogen-bond donors (Lipinski definition) is 0. The molecule has 0 unspecified atom stereocenters. The van der Waals surface area contributed by atoms with Crippen molar-refractivity contribution < 1.29 is 0 Å². The molecule has 0 N–H and O–H groups in total. The van der Waals surface area contributed by atoms with Crippen LogP contribution < -0.4 is 0 Å². The van der Waals surface area contributed by atoms with Gasteiger partial charge >= 0.3 is 0 Å². The molecule has 0 amide bonds. The first-order chi connectivity index (χ1) is 7.77. The lowest BCUT2D eigenvalue weighted by molar-refractivity contribution is 1.35. The lowest BCUT2D eigenvalue weighted by Crippen LogP contribution is -1.88. The largest absolute Gasteiger partial charge is 0.256 e. The first-order valence-corrected chi connectivity index (χ1v) is 5.51. The van der Waals surface area contributed by atoms with E-state index in [1.807, 2.05) is 6.20 Å². The van der Waals surface area contributed by atoms with E-state index < -0.39 is 0 Å². The van der Waals surface area contributed by atoms with Crippen LogP contribution in [0.15, 0.2) is 42.6 Å². The molecule has 3 rings (SSSR count). The van der Waals surface area contributed by atoms with Gasteiger partial charge in [-0.1, -0.05) is 30.3 Å². The predicted molar refractivity (Wildman–Crippen MR) is 68.7 cm³/mol. The zero-order chi connectivity index (χ0) is 11.1. The highest BCUT2D eigenvalue weighted by Gasteiger charge is 2.05. The first-order valence-electron chi connectivity index (χ1n) is 5.51. The summed E-state index contributed by atoms with van der Waals surface area (Å²) in [6.45, 7) is 4.32. The summed E-state index contributed by atoms with van der Waals surface area (Å²) in [6.07, 6.45) is 1.95. The van der Waals surface area contributed by atoms with Crippen LogP contribution in [0.3, 0.4) is 0 Å². The highest BCUT2D eigenvalue weighted by molar-refractivity contribution is 6.07. The minimum Gasteiger partial charge on any atom is -0.256 e. The van der Waals surface area contributed by atoms with Gasteiger partial charge in [0.2, 0.25) is 0 Å². The summed E-state index contributed by atoms with van der Waals surface area (Å²) in [5.74, 6) is 0. The quantitative estimate of drug-likeness (QED) is 0.508. The summed E-state index contributed by atoms with van der Waals surface area (Å²) in [7, 11) is 0. The van der Waals surface area contributed by atoms with Crippen molar-refractivity contribution in [3.8, 4) is 0 Å². The number of nitrogens with zero attached hydrogens (tertiary/aromatic N) is 1. The van der Waals surface area contributed by atoms with E-state index in [0.717, 1.165) is 5.52 Å². The fourth-order valence-corrected chi connectivity index (χ4v) is 2.23. The number of benzene rings is 2. The summed E-state index contributed by atoms with van der Waals surface area (Å²) < 4.78 is 0. The van der Waals surface area contributed by atoms with Crippen molar-refractivity contribution in [3.63, 3.8) is 0 Å². The van der Waals surface area contributed by atoms with Crippen LogP contribution in [0.2, 0.25) is 0 Å². The summed E-state index contributed by atoms with van der Waals surface area (Å²) in [5, 5.41) is 3.80. The normalized spacial score (nSPS) is 11.1. The molecule has 3 aromatic rings. The van der Waals surface area contributed by atoms with Crippen LogP contribution in [0.4, 0.5) is 0 Å². The molecule has 1 heterocycles. The van der Waals surface area contributed by atoms with Crippen LogP contribution in [0, 0.1) is 13.8 Å². The van der Waals surface area contributed by atoms with Gasteiger partial charge in [-0.15, -0.1) is 0 Å². The number of pyridine rings is 1. The van der Waals surface area contributed by atoms with Crippen molar-refractivity contribution >= 4 is 21.7 Å². The fourth-order valence-electron chi connectivity index (χ4n) is 2.23. The molecule has 16 heavy (non-hydrogen) atoms. The highest BCUT2D eigenvalue weighted by Crippen LogP contribution is 2.27. The van der Waals surface area contributed by atoms with E-state index in [9.17, 15) is 0 Å². The monoisotopic (exact) mass is 207 g/mol. The highest BCUT2D eigenvalue weighted by atomic mass is 14.6. The molecule has 0 bridgehead atoms. The maximum Gasteiger partial charge on any atom is 0.0711 e. The van der Waals surface area contributed by atoms with E-state index >= 15 is 0 Å². The van der Waals surface area contributed by atoms with Crippen LogP contribution in [0.5, 0.6) is 0 Å². The Balaban J connectivity index is 2.63. The molecular formula is C15H13N. The average molecular weight is 207 g/mol. The van der Waals surface area contributed by atoms with Gasteiger partial charge in [0.1, 0.15) is 0 Å². The van der Waals surface area contributed by atoms with E-state index in [-0.39, 0.29) is 0 Å². The van der Waals surface area contributed by atoms with Gasteiger partial charge in [-0.25, -0.2) is 0 Å². The average Bonchev–Trinajstić information content (AvgIpc) is 2.33. The van der Waals surface area contributed by atoms with Gasteiger partial charge in [-0.05, 0) is 36.4 Å². The fraction of sp³-hybridized carbons (Fsp3) is 0.133. The lowest BCUT2D eigenvalue weighted by Gasteiger charge is -2.08. The molecule has 0 aliphatic carbocycles. The minimum atomic E-state index is 1.08. The molecule has 1 nitrogen and oxygen atoms in total.